The minimum absolute atomic E-state index is 0.0153. The summed E-state index contributed by atoms with van der Waals surface area (Å²) in [6.45, 7) is 0. The highest BCUT2D eigenvalue weighted by atomic mass is 32.2. The third-order valence-electron chi connectivity index (χ3n) is 4.77. The van der Waals surface area contributed by atoms with Crippen molar-refractivity contribution >= 4 is 35.2 Å². The van der Waals surface area contributed by atoms with Crippen molar-refractivity contribution in [2.24, 2.45) is 0 Å². The summed E-state index contributed by atoms with van der Waals surface area (Å²) >= 11 is 2.83. The number of aromatic nitrogens is 2. The van der Waals surface area contributed by atoms with Crippen molar-refractivity contribution in [2.75, 3.05) is 22.6 Å². The van der Waals surface area contributed by atoms with Crippen LogP contribution >= 0.6 is 23.5 Å². The average molecular weight is 415 g/mol. The molecule has 144 valence electrons. The number of fused-ring (bicyclic) bond motifs is 1. The van der Waals surface area contributed by atoms with Crippen molar-refractivity contribution in [3.8, 4) is 0 Å². The monoisotopic (exact) mass is 415 g/mol. The van der Waals surface area contributed by atoms with Crippen molar-refractivity contribution in [1.29, 1.82) is 0 Å². The summed E-state index contributed by atoms with van der Waals surface area (Å²) in [5.74, 6) is -2.42. The van der Waals surface area contributed by atoms with Crippen LogP contribution in [0.5, 0.6) is 0 Å². The van der Waals surface area contributed by atoms with E-state index in [4.69, 9.17) is 0 Å². The van der Waals surface area contributed by atoms with Gasteiger partial charge in [-0.15, -0.1) is 11.8 Å². The lowest BCUT2D eigenvalue weighted by Gasteiger charge is -2.24. The van der Waals surface area contributed by atoms with Crippen molar-refractivity contribution in [3.63, 3.8) is 0 Å². The molecule has 4 rings (SSSR count). The van der Waals surface area contributed by atoms with Crippen LogP contribution in [0.15, 0.2) is 16.9 Å². The summed E-state index contributed by atoms with van der Waals surface area (Å²) < 4.78 is 43.1. The van der Waals surface area contributed by atoms with E-state index in [1.165, 1.54) is 0 Å². The molecule has 2 N–H and O–H groups in total. The van der Waals surface area contributed by atoms with Crippen LogP contribution in [-0.4, -0.2) is 32.9 Å². The maximum Gasteiger partial charge on any atom is 0.270 e. The van der Waals surface area contributed by atoms with Crippen LogP contribution in [0.25, 0.3) is 0 Å². The predicted molar refractivity (Wildman–Crippen MR) is 99.9 cm³/mol. The molecule has 1 amide bonds. The minimum atomic E-state index is -1.58. The zero-order valence-corrected chi connectivity index (χ0v) is 15.7. The number of nitrogens with one attached hydrogen (secondary N) is 2. The van der Waals surface area contributed by atoms with Crippen LogP contribution in [0, 0.1) is 17.5 Å². The Kier molecular flexibility index (Phi) is 5.02. The fraction of sp³-hybridized carbons (Fsp3) is 0.412. The molecule has 1 saturated heterocycles. The van der Waals surface area contributed by atoms with E-state index in [1.807, 2.05) is 11.8 Å². The number of carbonyl (C=O) groups is 1. The Labute approximate surface area is 161 Å². The molecule has 0 unspecified atom stereocenters. The number of hydrogen-bond donors (Lipinski definition) is 2. The Morgan fingerprint density at radius 3 is 2.56 bits per heavy atom. The summed E-state index contributed by atoms with van der Waals surface area (Å²) in [7, 11) is 0. The normalized spacial score (nSPS) is 20.9. The Morgan fingerprint density at radius 1 is 1.07 bits per heavy atom. The van der Waals surface area contributed by atoms with Crippen molar-refractivity contribution in [3.05, 3.63) is 51.1 Å². The smallest absolute Gasteiger partial charge is 0.270 e. The van der Waals surface area contributed by atoms with Gasteiger partial charge in [-0.3, -0.25) is 19.4 Å². The number of hydrogen-bond acceptors (Lipinski definition) is 4. The summed E-state index contributed by atoms with van der Waals surface area (Å²) in [5.41, 5.74) is -0.458. The fourth-order valence-corrected chi connectivity index (χ4v) is 5.67. The second kappa shape index (κ2) is 7.31. The van der Waals surface area contributed by atoms with E-state index in [-0.39, 0.29) is 28.8 Å². The third kappa shape index (κ3) is 3.29. The number of anilines is 1. The maximum absolute atomic E-state index is 14.4. The van der Waals surface area contributed by atoms with Gasteiger partial charge in [0.05, 0.1) is 22.6 Å². The lowest BCUT2D eigenvalue weighted by molar-refractivity contribution is -0.113. The van der Waals surface area contributed by atoms with Gasteiger partial charge in [0.15, 0.2) is 17.5 Å². The fourth-order valence-electron chi connectivity index (χ4n) is 3.45. The first-order valence-electron chi connectivity index (χ1n) is 8.44. The van der Waals surface area contributed by atoms with Gasteiger partial charge >= 0.3 is 0 Å². The van der Waals surface area contributed by atoms with E-state index < -0.39 is 28.3 Å². The van der Waals surface area contributed by atoms with Gasteiger partial charge in [0, 0.05) is 5.56 Å². The van der Waals surface area contributed by atoms with Crippen molar-refractivity contribution in [2.45, 2.75) is 24.1 Å². The molecular formula is C17H16F3N3O2S2. The molecule has 1 atom stereocenters. The highest BCUT2D eigenvalue weighted by Crippen LogP contribution is 2.42. The SMILES string of the molecule is O=C1CS[C@H](c2ccc(F)c(F)c2F)c2c(n(C3CCSCC3)[nH]c2=O)N1. The number of H-pyrrole nitrogens is 1. The van der Waals surface area contributed by atoms with Gasteiger partial charge in [0.25, 0.3) is 5.56 Å². The number of thioether (sulfide) groups is 2. The molecule has 1 aromatic carbocycles. The second-order valence-electron chi connectivity index (χ2n) is 6.42. The van der Waals surface area contributed by atoms with E-state index in [0.717, 1.165) is 48.2 Å². The van der Waals surface area contributed by atoms with Gasteiger partial charge in [-0.1, -0.05) is 6.07 Å². The molecule has 1 aromatic heterocycles. The third-order valence-corrected chi connectivity index (χ3v) is 7.07. The van der Waals surface area contributed by atoms with Crippen molar-refractivity contribution in [1.82, 2.24) is 9.78 Å². The van der Waals surface area contributed by atoms with Gasteiger partial charge < -0.3 is 5.32 Å². The first-order valence-corrected chi connectivity index (χ1v) is 10.6. The molecule has 0 radical (unpaired) electrons. The van der Waals surface area contributed by atoms with E-state index in [0.29, 0.717) is 5.82 Å². The topological polar surface area (TPSA) is 66.9 Å². The Hall–Kier alpha value is -1.81. The lowest BCUT2D eigenvalue weighted by atomic mass is 10.0. The van der Waals surface area contributed by atoms with E-state index in [1.54, 1.807) is 4.68 Å². The number of amides is 1. The molecular weight excluding hydrogens is 399 g/mol. The first kappa shape index (κ1) is 18.5. The first-order chi connectivity index (χ1) is 13.0. The summed E-state index contributed by atoms with van der Waals surface area (Å²) in [5, 5.41) is 4.56. The van der Waals surface area contributed by atoms with Crippen LogP contribution < -0.4 is 10.9 Å². The summed E-state index contributed by atoms with van der Waals surface area (Å²) in [6.07, 6.45) is 1.66. The molecule has 0 aliphatic carbocycles. The average Bonchev–Trinajstić information content (AvgIpc) is 2.87. The van der Waals surface area contributed by atoms with Crippen LogP contribution in [0.1, 0.15) is 35.3 Å². The standard InChI is InChI=1S/C17H16F3N3O2S2/c18-10-2-1-9(13(19)14(10)20)15-12-16(21-11(24)7-27-15)23(22-17(12)25)8-3-5-26-6-4-8/h1-2,8,15H,3-7H2,(H,21,24)(H,22,25)/t15-/m1/s1. The maximum atomic E-state index is 14.4. The van der Waals surface area contributed by atoms with Gasteiger partial charge in [-0.05, 0) is 30.4 Å². The molecule has 0 bridgehead atoms. The second-order valence-corrected chi connectivity index (χ2v) is 8.74. The Morgan fingerprint density at radius 2 is 1.81 bits per heavy atom. The molecule has 2 aromatic rings. The highest BCUT2D eigenvalue weighted by Gasteiger charge is 2.34. The molecule has 2 aliphatic rings. The van der Waals surface area contributed by atoms with Gasteiger partial charge in [-0.25, -0.2) is 13.2 Å². The lowest BCUT2D eigenvalue weighted by Crippen LogP contribution is -2.22. The molecule has 10 heteroatoms. The molecule has 0 saturated carbocycles. The van der Waals surface area contributed by atoms with Crippen LogP contribution in [0.2, 0.25) is 0 Å². The summed E-state index contributed by atoms with van der Waals surface area (Å²) in [4.78, 5) is 24.9. The van der Waals surface area contributed by atoms with E-state index >= 15 is 0 Å². The molecule has 2 aliphatic heterocycles. The van der Waals surface area contributed by atoms with E-state index in [9.17, 15) is 22.8 Å². The van der Waals surface area contributed by atoms with E-state index in [2.05, 4.69) is 10.4 Å². The quantitative estimate of drug-likeness (QED) is 0.738. The van der Waals surface area contributed by atoms with Gasteiger partial charge in [-0.2, -0.15) is 11.8 Å². The van der Waals surface area contributed by atoms with Crippen LogP contribution in [0.3, 0.4) is 0 Å². The largest absolute Gasteiger partial charge is 0.310 e. The van der Waals surface area contributed by atoms with Crippen LogP contribution in [-0.2, 0) is 4.79 Å². The van der Waals surface area contributed by atoms with Crippen LogP contribution in [0.4, 0.5) is 19.0 Å². The van der Waals surface area contributed by atoms with Gasteiger partial charge in [0.1, 0.15) is 5.82 Å². The zero-order chi connectivity index (χ0) is 19.1. The minimum Gasteiger partial charge on any atom is -0.310 e. The predicted octanol–water partition coefficient (Wildman–Crippen LogP) is 3.44. The molecule has 27 heavy (non-hydrogen) atoms. The Bertz CT molecular complexity index is 954. The molecule has 5 nitrogen and oxygen atoms in total. The number of carbonyl (C=O) groups excluding carboxylic acids is 1. The Balaban J connectivity index is 1.86. The number of halogens is 3. The van der Waals surface area contributed by atoms with Crippen molar-refractivity contribution < 1.29 is 18.0 Å². The highest BCUT2D eigenvalue weighted by molar-refractivity contribution is 8.00. The molecule has 0 spiro atoms. The summed E-state index contributed by atoms with van der Waals surface area (Å²) in [6, 6.07) is 1.97. The molecule has 1 fully saturated rings. The molecule has 3 heterocycles. The number of benzene rings is 1. The number of nitrogens with zero attached hydrogens (tertiary/aromatic N) is 1. The number of aromatic amines is 1. The number of rotatable bonds is 2. The zero-order valence-electron chi connectivity index (χ0n) is 14.1. The van der Waals surface area contributed by atoms with Gasteiger partial charge in [0.2, 0.25) is 5.91 Å².